The zero-order valence-corrected chi connectivity index (χ0v) is 9.04. The highest BCUT2D eigenvalue weighted by Gasteiger charge is 2.16. The summed E-state index contributed by atoms with van der Waals surface area (Å²) in [5.41, 5.74) is 8.32. The molecule has 5 heteroatoms. The van der Waals surface area contributed by atoms with Gasteiger partial charge in [-0.2, -0.15) is 0 Å². The Balaban J connectivity index is 2.06. The van der Waals surface area contributed by atoms with Crippen LogP contribution in [0, 0.1) is 0 Å². The van der Waals surface area contributed by atoms with E-state index in [2.05, 4.69) is 20.3 Å². The van der Waals surface area contributed by atoms with Crippen molar-refractivity contribution in [3.05, 3.63) is 42.2 Å². The SMILES string of the molecule is NC1N=CNc2nc(-c3ccccc3)cnc21. The lowest BCUT2D eigenvalue weighted by molar-refractivity contribution is 0.736. The van der Waals surface area contributed by atoms with Crippen LogP contribution in [0.25, 0.3) is 11.3 Å². The number of nitrogens with two attached hydrogens (primary N) is 1. The van der Waals surface area contributed by atoms with Gasteiger partial charge in [-0.15, -0.1) is 0 Å². The van der Waals surface area contributed by atoms with E-state index in [1.807, 2.05) is 30.3 Å². The summed E-state index contributed by atoms with van der Waals surface area (Å²) in [6, 6.07) is 9.89. The van der Waals surface area contributed by atoms with E-state index in [0.717, 1.165) is 11.3 Å². The maximum Gasteiger partial charge on any atom is 0.157 e. The molecule has 1 aromatic heterocycles. The molecule has 1 aromatic carbocycles. The molecule has 0 bridgehead atoms. The van der Waals surface area contributed by atoms with Crippen molar-refractivity contribution >= 4 is 12.2 Å². The highest BCUT2D eigenvalue weighted by Crippen LogP contribution is 2.24. The number of fused-ring (bicyclic) bond motifs is 1. The van der Waals surface area contributed by atoms with Gasteiger partial charge >= 0.3 is 0 Å². The van der Waals surface area contributed by atoms with Crippen LogP contribution in [0.15, 0.2) is 41.5 Å². The molecule has 0 spiro atoms. The van der Waals surface area contributed by atoms with Gasteiger partial charge in [0.1, 0.15) is 11.9 Å². The standard InChI is InChI=1S/C12H11N5/c13-11-10-12(16-7-15-11)17-9(6-14-10)8-4-2-1-3-5-8/h1-7,11H,13H2,(H,15,16,17). The Morgan fingerprint density at radius 1 is 1.18 bits per heavy atom. The molecule has 5 nitrogen and oxygen atoms in total. The van der Waals surface area contributed by atoms with E-state index in [1.54, 1.807) is 12.5 Å². The van der Waals surface area contributed by atoms with Crippen LogP contribution in [0.5, 0.6) is 0 Å². The second-order valence-electron chi connectivity index (χ2n) is 3.72. The molecular formula is C12H11N5. The topological polar surface area (TPSA) is 76.2 Å². The maximum atomic E-state index is 5.79. The molecule has 1 aliphatic rings. The third-order valence-corrected chi connectivity index (χ3v) is 2.59. The summed E-state index contributed by atoms with van der Waals surface area (Å²) in [5.74, 6) is 0.675. The largest absolute Gasteiger partial charge is 0.330 e. The highest BCUT2D eigenvalue weighted by atomic mass is 15.1. The number of hydrogen-bond donors (Lipinski definition) is 2. The molecule has 0 saturated heterocycles. The summed E-state index contributed by atoms with van der Waals surface area (Å²) in [4.78, 5) is 12.8. The van der Waals surface area contributed by atoms with E-state index in [-0.39, 0.29) is 0 Å². The fourth-order valence-corrected chi connectivity index (χ4v) is 1.72. The molecule has 2 aromatic rings. The fourth-order valence-electron chi connectivity index (χ4n) is 1.72. The molecule has 3 rings (SSSR count). The Hall–Kier alpha value is -2.27. The van der Waals surface area contributed by atoms with Gasteiger partial charge in [-0.3, -0.25) is 9.98 Å². The molecule has 1 aliphatic heterocycles. The molecule has 84 valence electrons. The van der Waals surface area contributed by atoms with Crippen LogP contribution in [-0.4, -0.2) is 16.3 Å². The normalized spacial score (nSPS) is 17.4. The van der Waals surface area contributed by atoms with Gasteiger partial charge < -0.3 is 11.1 Å². The Kier molecular flexibility index (Phi) is 2.31. The Labute approximate surface area is 98.4 Å². The highest BCUT2D eigenvalue weighted by molar-refractivity contribution is 5.78. The third kappa shape index (κ3) is 1.76. The van der Waals surface area contributed by atoms with Crippen molar-refractivity contribution < 1.29 is 0 Å². The van der Waals surface area contributed by atoms with Gasteiger partial charge in [-0.05, 0) is 0 Å². The van der Waals surface area contributed by atoms with E-state index in [1.165, 1.54) is 0 Å². The molecule has 17 heavy (non-hydrogen) atoms. The van der Waals surface area contributed by atoms with Gasteiger partial charge in [0.05, 0.1) is 18.2 Å². The first-order valence-corrected chi connectivity index (χ1v) is 5.31. The number of aromatic nitrogens is 2. The van der Waals surface area contributed by atoms with Crippen LogP contribution in [0.1, 0.15) is 11.9 Å². The van der Waals surface area contributed by atoms with Gasteiger partial charge in [0.25, 0.3) is 0 Å². The molecule has 1 atom stereocenters. The number of anilines is 1. The monoisotopic (exact) mass is 225 g/mol. The van der Waals surface area contributed by atoms with Crippen molar-refractivity contribution in [3.63, 3.8) is 0 Å². The first-order valence-electron chi connectivity index (χ1n) is 5.31. The molecule has 0 radical (unpaired) electrons. The van der Waals surface area contributed by atoms with Gasteiger partial charge in [0, 0.05) is 5.56 Å². The van der Waals surface area contributed by atoms with Crippen molar-refractivity contribution in [3.8, 4) is 11.3 Å². The molecular weight excluding hydrogens is 214 g/mol. The first-order chi connectivity index (χ1) is 8.34. The van der Waals surface area contributed by atoms with Crippen LogP contribution in [-0.2, 0) is 0 Å². The van der Waals surface area contributed by atoms with Crippen LogP contribution in [0.3, 0.4) is 0 Å². The van der Waals surface area contributed by atoms with E-state index in [4.69, 9.17) is 5.73 Å². The van der Waals surface area contributed by atoms with Crippen molar-refractivity contribution in [2.45, 2.75) is 6.17 Å². The van der Waals surface area contributed by atoms with Crippen molar-refractivity contribution in [1.29, 1.82) is 0 Å². The summed E-state index contributed by atoms with van der Waals surface area (Å²) in [5, 5.41) is 2.96. The van der Waals surface area contributed by atoms with E-state index >= 15 is 0 Å². The molecule has 2 heterocycles. The molecule has 3 N–H and O–H groups in total. The van der Waals surface area contributed by atoms with Gasteiger partial charge in [-0.1, -0.05) is 30.3 Å². The van der Waals surface area contributed by atoms with E-state index < -0.39 is 6.17 Å². The lowest BCUT2D eigenvalue weighted by atomic mass is 10.1. The zero-order chi connectivity index (χ0) is 11.7. The first kappa shape index (κ1) is 9.92. The lowest BCUT2D eigenvalue weighted by Crippen LogP contribution is -2.19. The molecule has 0 saturated carbocycles. The summed E-state index contributed by atoms with van der Waals surface area (Å²) in [6.45, 7) is 0. The third-order valence-electron chi connectivity index (χ3n) is 2.59. The van der Waals surface area contributed by atoms with E-state index in [0.29, 0.717) is 11.5 Å². The summed E-state index contributed by atoms with van der Waals surface area (Å²) in [6.07, 6.45) is 2.84. The smallest absolute Gasteiger partial charge is 0.157 e. The molecule has 0 fully saturated rings. The minimum atomic E-state index is -0.427. The number of nitrogens with zero attached hydrogens (tertiary/aromatic N) is 3. The van der Waals surface area contributed by atoms with E-state index in [9.17, 15) is 0 Å². The Bertz CT molecular complexity index is 564. The van der Waals surface area contributed by atoms with Crippen molar-refractivity contribution in [2.75, 3.05) is 5.32 Å². The lowest BCUT2D eigenvalue weighted by Gasteiger charge is -2.16. The number of hydrogen-bond acceptors (Lipinski definition) is 5. The van der Waals surface area contributed by atoms with Crippen molar-refractivity contribution in [2.24, 2.45) is 10.7 Å². The molecule has 0 aliphatic carbocycles. The summed E-state index contributed by atoms with van der Waals surface area (Å²) < 4.78 is 0. The number of benzene rings is 1. The van der Waals surface area contributed by atoms with Crippen LogP contribution in [0.4, 0.5) is 5.82 Å². The number of rotatable bonds is 1. The second-order valence-corrected chi connectivity index (χ2v) is 3.72. The van der Waals surface area contributed by atoms with Gasteiger partial charge in [0.15, 0.2) is 5.82 Å². The summed E-state index contributed by atoms with van der Waals surface area (Å²) in [7, 11) is 0. The van der Waals surface area contributed by atoms with Crippen molar-refractivity contribution in [1.82, 2.24) is 9.97 Å². The zero-order valence-electron chi connectivity index (χ0n) is 9.04. The number of aliphatic imine (C=N–C) groups is 1. The van der Waals surface area contributed by atoms with Gasteiger partial charge in [0.2, 0.25) is 0 Å². The quantitative estimate of drug-likeness (QED) is 0.772. The van der Waals surface area contributed by atoms with Gasteiger partial charge in [-0.25, -0.2) is 4.98 Å². The predicted octanol–water partition coefficient (Wildman–Crippen LogP) is 1.55. The minimum Gasteiger partial charge on any atom is -0.330 e. The Morgan fingerprint density at radius 3 is 2.82 bits per heavy atom. The number of nitrogens with one attached hydrogen (secondary N) is 1. The average molecular weight is 225 g/mol. The van der Waals surface area contributed by atoms with Crippen LogP contribution in [0.2, 0.25) is 0 Å². The minimum absolute atomic E-state index is 0.427. The fraction of sp³-hybridized carbons (Fsp3) is 0.0833. The van der Waals surface area contributed by atoms with Crippen LogP contribution < -0.4 is 11.1 Å². The molecule has 1 unspecified atom stereocenters. The predicted molar refractivity (Wildman–Crippen MR) is 66.5 cm³/mol. The maximum absolute atomic E-state index is 5.79. The van der Waals surface area contributed by atoms with Crippen LogP contribution >= 0.6 is 0 Å². The molecule has 0 amide bonds. The Morgan fingerprint density at radius 2 is 2.00 bits per heavy atom. The second kappa shape index (κ2) is 3.95. The average Bonchev–Trinajstić information content (AvgIpc) is 2.40. The summed E-state index contributed by atoms with van der Waals surface area (Å²) >= 11 is 0.